The molecule has 0 spiro atoms. The molecule has 0 aliphatic rings. The molecule has 124 valence electrons. The second kappa shape index (κ2) is 7.96. The normalized spacial score (nSPS) is 10.9. The van der Waals surface area contributed by atoms with E-state index in [0.717, 1.165) is 12.2 Å². The highest BCUT2D eigenvalue weighted by molar-refractivity contribution is 5.74. The average Bonchev–Trinajstić information content (AvgIpc) is 3.14. The molecule has 0 radical (unpaired) electrons. The number of unbranched alkanes of at least 4 members (excludes halogenated alkanes) is 3. The Balaban J connectivity index is 1.99. The quantitative estimate of drug-likeness (QED) is 0.518. The average molecular weight is 318 g/mol. The zero-order valence-electron chi connectivity index (χ0n) is 14.7. The third-order valence-corrected chi connectivity index (χ3v) is 4.59. The molecule has 0 fully saturated rings. The summed E-state index contributed by atoms with van der Waals surface area (Å²) in [5.41, 5.74) is 6.57. The Labute approximate surface area is 145 Å². The third-order valence-electron chi connectivity index (χ3n) is 4.59. The van der Waals surface area contributed by atoms with E-state index in [1.807, 2.05) is 12.4 Å². The standard InChI is InChI=1S/C22H26N2/c1-3-4-5-7-12-19-16-20(22-23-13-14-24-22)17(2)15-21(19)18-10-8-6-9-11-18/h6,8-11,13-16H,3-5,7,12H2,1-2H3,(H,23,24). The minimum atomic E-state index is 0.960. The van der Waals surface area contributed by atoms with Gasteiger partial charge in [0.2, 0.25) is 0 Å². The van der Waals surface area contributed by atoms with Gasteiger partial charge in [-0.2, -0.15) is 0 Å². The number of nitrogens with one attached hydrogen (secondary N) is 1. The molecule has 1 aromatic heterocycles. The Morgan fingerprint density at radius 1 is 0.958 bits per heavy atom. The van der Waals surface area contributed by atoms with Gasteiger partial charge in [0.25, 0.3) is 0 Å². The Morgan fingerprint density at radius 2 is 1.79 bits per heavy atom. The van der Waals surface area contributed by atoms with Crippen LogP contribution in [0.4, 0.5) is 0 Å². The highest BCUT2D eigenvalue weighted by Gasteiger charge is 2.12. The van der Waals surface area contributed by atoms with Gasteiger partial charge in [0.05, 0.1) is 0 Å². The fourth-order valence-electron chi connectivity index (χ4n) is 3.26. The number of benzene rings is 2. The zero-order valence-corrected chi connectivity index (χ0v) is 14.7. The predicted octanol–water partition coefficient (Wildman–Crippen LogP) is 6.17. The molecule has 1 heterocycles. The molecule has 0 bridgehead atoms. The molecule has 2 aromatic carbocycles. The molecular formula is C22H26N2. The highest BCUT2D eigenvalue weighted by atomic mass is 14.9. The first-order valence-electron chi connectivity index (χ1n) is 8.98. The van der Waals surface area contributed by atoms with E-state index in [0.29, 0.717) is 0 Å². The first-order chi connectivity index (χ1) is 11.8. The van der Waals surface area contributed by atoms with Crippen molar-refractivity contribution in [2.24, 2.45) is 0 Å². The summed E-state index contributed by atoms with van der Waals surface area (Å²) in [6.07, 6.45) is 9.97. The second-order valence-electron chi connectivity index (χ2n) is 6.44. The van der Waals surface area contributed by atoms with Crippen molar-refractivity contribution in [1.82, 2.24) is 9.97 Å². The van der Waals surface area contributed by atoms with Gasteiger partial charge in [0, 0.05) is 18.0 Å². The van der Waals surface area contributed by atoms with Crippen LogP contribution in [0, 0.1) is 6.92 Å². The smallest absolute Gasteiger partial charge is 0.137 e. The SMILES string of the molecule is CCCCCCc1cc(-c2ncc[nH]2)c(C)cc1-c1ccccc1. The molecule has 0 saturated carbocycles. The molecule has 0 atom stereocenters. The number of hydrogen-bond donors (Lipinski definition) is 1. The Kier molecular flexibility index (Phi) is 5.47. The van der Waals surface area contributed by atoms with Crippen LogP contribution in [0.2, 0.25) is 0 Å². The van der Waals surface area contributed by atoms with Crippen LogP contribution in [0.15, 0.2) is 54.9 Å². The van der Waals surface area contributed by atoms with E-state index in [9.17, 15) is 0 Å². The van der Waals surface area contributed by atoms with Gasteiger partial charge >= 0.3 is 0 Å². The van der Waals surface area contributed by atoms with Crippen LogP contribution in [0.1, 0.15) is 43.7 Å². The van der Waals surface area contributed by atoms with E-state index in [1.165, 1.54) is 53.5 Å². The van der Waals surface area contributed by atoms with E-state index < -0.39 is 0 Å². The summed E-state index contributed by atoms with van der Waals surface area (Å²) in [5.74, 6) is 0.960. The number of nitrogens with zero attached hydrogens (tertiary/aromatic N) is 1. The largest absolute Gasteiger partial charge is 0.345 e. The number of imidazole rings is 1. The molecule has 3 rings (SSSR count). The van der Waals surface area contributed by atoms with Crippen molar-refractivity contribution in [2.75, 3.05) is 0 Å². The molecule has 3 aromatic rings. The molecule has 0 aliphatic carbocycles. The van der Waals surface area contributed by atoms with Crippen LogP contribution in [-0.4, -0.2) is 9.97 Å². The molecule has 2 heteroatoms. The summed E-state index contributed by atoms with van der Waals surface area (Å²) >= 11 is 0. The lowest BCUT2D eigenvalue weighted by atomic mass is 9.91. The number of hydrogen-bond acceptors (Lipinski definition) is 1. The topological polar surface area (TPSA) is 28.7 Å². The number of aromatic amines is 1. The van der Waals surface area contributed by atoms with Gasteiger partial charge in [-0.15, -0.1) is 0 Å². The lowest BCUT2D eigenvalue weighted by Crippen LogP contribution is -1.96. The lowest BCUT2D eigenvalue weighted by molar-refractivity contribution is 0.667. The molecule has 0 aliphatic heterocycles. The Morgan fingerprint density at radius 3 is 2.50 bits per heavy atom. The zero-order chi connectivity index (χ0) is 16.8. The molecular weight excluding hydrogens is 292 g/mol. The molecule has 24 heavy (non-hydrogen) atoms. The Bertz CT molecular complexity index is 758. The van der Waals surface area contributed by atoms with Crippen LogP contribution in [0.5, 0.6) is 0 Å². The van der Waals surface area contributed by atoms with E-state index in [4.69, 9.17) is 0 Å². The summed E-state index contributed by atoms with van der Waals surface area (Å²) in [6.45, 7) is 4.43. The summed E-state index contributed by atoms with van der Waals surface area (Å²) < 4.78 is 0. The van der Waals surface area contributed by atoms with Gasteiger partial charge in [-0.05, 0) is 48.1 Å². The van der Waals surface area contributed by atoms with Crippen molar-refractivity contribution >= 4 is 0 Å². The number of aryl methyl sites for hydroxylation is 2. The maximum atomic E-state index is 4.45. The maximum Gasteiger partial charge on any atom is 0.137 e. The van der Waals surface area contributed by atoms with Crippen molar-refractivity contribution in [2.45, 2.75) is 46.0 Å². The third kappa shape index (κ3) is 3.76. The Hall–Kier alpha value is -2.35. The predicted molar refractivity (Wildman–Crippen MR) is 102 cm³/mol. The summed E-state index contributed by atoms with van der Waals surface area (Å²) in [6, 6.07) is 15.4. The summed E-state index contributed by atoms with van der Waals surface area (Å²) in [4.78, 5) is 7.69. The van der Waals surface area contributed by atoms with Gasteiger partial charge < -0.3 is 4.98 Å². The fourth-order valence-corrected chi connectivity index (χ4v) is 3.26. The van der Waals surface area contributed by atoms with E-state index in [2.05, 4.69) is 66.3 Å². The number of rotatable bonds is 7. The van der Waals surface area contributed by atoms with Crippen molar-refractivity contribution in [3.8, 4) is 22.5 Å². The van der Waals surface area contributed by atoms with Gasteiger partial charge in [-0.3, -0.25) is 0 Å². The molecule has 0 unspecified atom stereocenters. The first-order valence-corrected chi connectivity index (χ1v) is 8.98. The fraction of sp³-hybridized carbons (Fsp3) is 0.318. The minimum absolute atomic E-state index is 0.960. The van der Waals surface area contributed by atoms with Crippen LogP contribution in [-0.2, 0) is 6.42 Å². The molecule has 0 amide bonds. The van der Waals surface area contributed by atoms with Crippen LogP contribution >= 0.6 is 0 Å². The van der Waals surface area contributed by atoms with Crippen LogP contribution in [0.3, 0.4) is 0 Å². The lowest BCUT2D eigenvalue weighted by Gasteiger charge is -2.14. The van der Waals surface area contributed by atoms with Crippen molar-refractivity contribution in [1.29, 1.82) is 0 Å². The second-order valence-corrected chi connectivity index (χ2v) is 6.44. The molecule has 2 nitrogen and oxygen atoms in total. The van der Waals surface area contributed by atoms with E-state index >= 15 is 0 Å². The number of aromatic nitrogens is 2. The van der Waals surface area contributed by atoms with E-state index in [-0.39, 0.29) is 0 Å². The van der Waals surface area contributed by atoms with Gasteiger partial charge in [-0.25, -0.2) is 4.98 Å². The van der Waals surface area contributed by atoms with Crippen molar-refractivity contribution in [3.63, 3.8) is 0 Å². The minimum Gasteiger partial charge on any atom is -0.345 e. The van der Waals surface area contributed by atoms with Crippen LogP contribution < -0.4 is 0 Å². The summed E-state index contributed by atoms with van der Waals surface area (Å²) in [5, 5.41) is 0. The van der Waals surface area contributed by atoms with Crippen LogP contribution in [0.25, 0.3) is 22.5 Å². The first kappa shape index (κ1) is 16.5. The van der Waals surface area contributed by atoms with Crippen molar-refractivity contribution < 1.29 is 0 Å². The van der Waals surface area contributed by atoms with Crippen molar-refractivity contribution in [3.05, 3.63) is 66.0 Å². The summed E-state index contributed by atoms with van der Waals surface area (Å²) in [7, 11) is 0. The van der Waals surface area contributed by atoms with Gasteiger partial charge in [-0.1, -0.05) is 62.6 Å². The van der Waals surface area contributed by atoms with E-state index in [1.54, 1.807) is 0 Å². The highest BCUT2D eigenvalue weighted by Crippen LogP contribution is 2.31. The maximum absolute atomic E-state index is 4.45. The van der Waals surface area contributed by atoms with Gasteiger partial charge in [0.1, 0.15) is 5.82 Å². The monoisotopic (exact) mass is 318 g/mol. The van der Waals surface area contributed by atoms with Gasteiger partial charge in [0.15, 0.2) is 0 Å². The molecule has 1 N–H and O–H groups in total. The number of H-pyrrole nitrogens is 1. The molecule has 0 saturated heterocycles.